The van der Waals surface area contributed by atoms with Crippen LogP contribution in [0.25, 0.3) is 10.2 Å². The highest BCUT2D eigenvalue weighted by atomic mass is 35.5. The molecular formula is C20H16ClN3O3S2. The van der Waals surface area contributed by atoms with E-state index in [2.05, 4.69) is 5.32 Å². The Morgan fingerprint density at radius 2 is 1.79 bits per heavy atom. The van der Waals surface area contributed by atoms with Crippen LogP contribution in [0, 0.1) is 0 Å². The fourth-order valence-corrected chi connectivity index (χ4v) is 4.70. The van der Waals surface area contributed by atoms with Crippen molar-refractivity contribution in [3.63, 3.8) is 0 Å². The number of hydrogen-bond acceptors (Lipinski definition) is 5. The normalized spacial score (nSPS) is 11.1. The Kier molecular flexibility index (Phi) is 5.66. The van der Waals surface area contributed by atoms with Crippen LogP contribution in [0.3, 0.4) is 0 Å². The van der Waals surface area contributed by atoms with Gasteiger partial charge in [0.05, 0.1) is 5.52 Å². The minimum Gasteiger partial charge on any atom is -0.325 e. The molecule has 0 bridgehead atoms. The number of carbonyl (C=O) groups is 1. The van der Waals surface area contributed by atoms with Crippen molar-refractivity contribution >= 4 is 56.1 Å². The van der Waals surface area contributed by atoms with Gasteiger partial charge < -0.3 is 5.32 Å². The van der Waals surface area contributed by atoms with Gasteiger partial charge in [0.1, 0.15) is 11.2 Å². The molecular weight excluding hydrogens is 430 g/mol. The quantitative estimate of drug-likeness (QED) is 0.490. The van der Waals surface area contributed by atoms with Crippen molar-refractivity contribution in [2.24, 2.45) is 0 Å². The highest BCUT2D eigenvalue weighted by molar-refractivity contribution is 7.17. The van der Waals surface area contributed by atoms with Crippen molar-refractivity contribution in [3.05, 3.63) is 84.0 Å². The first-order valence-corrected chi connectivity index (χ1v) is 11.0. The molecule has 0 saturated heterocycles. The molecule has 1 amide bonds. The van der Waals surface area contributed by atoms with Gasteiger partial charge in [-0.3, -0.25) is 18.7 Å². The number of amides is 1. The lowest BCUT2D eigenvalue weighted by Crippen LogP contribution is -2.41. The van der Waals surface area contributed by atoms with Crippen LogP contribution >= 0.6 is 34.3 Å². The zero-order valence-electron chi connectivity index (χ0n) is 15.1. The molecule has 1 aromatic carbocycles. The van der Waals surface area contributed by atoms with E-state index in [4.69, 9.17) is 11.6 Å². The molecule has 4 aromatic rings. The number of anilines is 1. The molecule has 0 aliphatic heterocycles. The average molecular weight is 446 g/mol. The summed E-state index contributed by atoms with van der Waals surface area (Å²) in [4.78, 5) is 39.4. The van der Waals surface area contributed by atoms with Gasteiger partial charge >= 0.3 is 5.69 Å². The Hall–Kier alpha value is -2.68. The van der Waals surface area contributed by atoms with Gasteiger partial charge in [-0.15, -0.1) is 22.7 Å². The number of aryl methyl sites for hydroxylation is 1. The number of rotatable bonds is 6. The van der Waals surface area contributed by atoms with E-state index in [9.17, 15) is 14.4 Å². The highest BCUT2D eigenvalue weighted by Crippen LogP contribution is 2.17. The highest BCUT2D eigenvalue weighted by Gasteiger charge is 2.16. The van der Waals surface area contributed by atoms with Gasteiger partial charge in [-0.2, -0.15) is 0 Å². The Bertz CT molecular complexity index is 1270. The maximum Gasteiger partial charge on any atom is 0.332 e. The fourth-order valence-electron chi connectivity index (χ4n) is 3.04. The van der Waals surface area contributed by atoms with Crippen molar-refractivity contribution < 1.29 is 4.79 Å². The molecule has 0 saturated carbocycles. The zero-order valence-corrected chi connectivity index (χ0v) is 17.5. The lowest BCUT2D eigenvalue weighted by atomic mass is 10.3. The predicted octanol–water partition coefficient (Wildman–Crippen LogP) is 3.82. The van der Waals surface area contributed by atoms with Gasteiger partial charge in [-0.1, -0.05) is 17.7 Å². The first-order valence-electron chi connectivity index (χ1n) is 8.81. The van der Waals surface area contributed by atoms with Crippen molar-refractivity contribution in [2.75, 3.05) is 5.32 Å². The van der Waals surface area contributed by atoms with E-state index in [0.29, 0.717) is 27.3 Å². The van der Waals surface area contributed by atoms with Crippen LogP contribution < -0.4 is 16.6 Å². The third kappa shape index (κ3) is 4.19. The molecule has 9 heteroatoms. The van der Waals surface area contributed by atoms with Crippen molar-refractivity contribution in [1.29, 1.82) is 0 Å². The number of benzene rings is 1. The summed E-state index contributed by atoms with van der Waals surface area (Å²) in [6.07, 6.45) is 0.584. The number of aromatic nitrogens is 2. The Labute approximate surface area is 178 Å². The summed E-state index contributed by atoms with van der Waals surface area (Å²) >= 11 is 8.71. The molecule has 3 aromatic heterocycles. The minimum absolute atomic E-state index is 0.187. The number of halogens is 1. The second-order valence-electron chi connectivity index (χ2n) is 6.34. The van der Waals surface area contributed by atoms with E-state index in [1.165, 1.54) is 20.5 Å². The third-order valence-electron chi connectivity index (χ3n) is 4.43. The molecule has 148 valence electrons. The molecule has 0 spiro atoms. The summed E-state index contributed by atoms with van der Waals surface area (Å²) in [5, 5.41) is 7.03. The fraction of sp³-hybridized carbons (Fsp3) is 0.150. The Balaban J connectivity index is 1.65. The topological polar surface area (TPSA) is 73.1 Å². The Morgan fingerprint density at radius 3 is 2.52 bits per heavy atom. The van der Waals surface area contributed by atoms with Gasteiger partial charge in [-0.25, -0.2) is 4.79 Å². The van der Waals surface area contributed by atoms with Crippen LogP contribution in [0.2, 0.25) is 5.02 Å². The van der Waals surface area contributed by atoms with E-state index >= 15 is 0 Å². The lowest BCUT2D eigenvalue weighted by molar-refractivity contribution is -0.116. The maximum absolute atomic E-state index is 13.0. The van der Waals surface area contributed by atoms with Crippen LogP contribution in [-0.4, -0.2) is 15.0 Å². The summed E-state index contributed by atoms with van der Waals surface area (Å²) in [6, 6.07) is 12.3. The van der Waals surface area contributed by atoms with E-state index in [0.717, 1.165) is 4.88 Å². The van der Waals surface area contributed by atoms with Crippen LogP contribution in [0.5, 0.6) is 0 Å². The number of fused-ring (bicyclic) bond motifs is 1. The molecule has 0 unspecified atom stereocenters. The number of carbonyl (C=O) groups excluding carboxylic acids is 1. The van der Waals surface area contributed by atoms with Gasteiger partial charge in [0.15, 0.2) is 0 Å². The number of nitrogens with zero attached hydrogens (tertiary/aromatic N) is 2. The molecule has 1 N–H and O–H groups in total. The second-order valence-corrected chi connectivity index (χ2v) is 8.73. The second kappa shape index (κ2) is 8.36. The molecule has 0 aliphatic rings. The summed E-state index contributed by atoms with van der Waals surface area (Å²) in [6.45, 7) is 0.0821. The first kappa shape index (κ1) is 19.6. The van der Waals surface area contributed by atoms with Gasteiger partial charge in [0, 0.05) is 22.1 Å². The molecule has 29 heavy (non-hydrogen) atoms. The van der Waals surface area contributed by atoms with E-state index in [-0.39, 0.29) is 24.6 Å². The number of thiophene rings is 2. The van der Waals surface area contributed by atoms with Crippen LogP contribution in [0.4, 0.5) is 5.69 Å². The molecule has 4 rings (SSSR count). The molecule has 0 radical (unpaired) electrons. The molecule has 0 atom stereocenters. The molecule has 3 heterocycles. The Morgan fingerprint density at radius 1 is 1.00 bits per heavy atom. The van der Waals surface area contributed by atoms with Crippen molar-refractivity contribution in [2.45, 2.75) is 19.5 Å². The maximum atomic E-state index is 13.0. The van der Waals surface area contributed by atoms with Gasteiger partial charge in [0.2, 0.25) is 5.91 Å². The van der Waals surface area contributed by atoms with E-state index in [1.807, 2.05) is 17.5 Å². The summed E-state index contributed by atoms with van der Waals surface area (Å²) < 4.78 is 3.04. The lowest BCUT2D eigenvalue weighted by Gasteiger charge is -2.12. The predicted molar refractivity (Wildman–Crippen MR) is 118 cm³/mol. The minimum atomic E-state index is -0.483. The smallest absolute Gasteiger partial charge is 0.325 e. The SMILES string of the molecule is O=C(Cn1c(=O)n(CCc2cccs2)c(=O)c2sccc21)Nc1ccc(Cl)cc1. The van der Waals surface area contributed by atoms with Crippen molar-refractivity contribution in [3.8, 4) is 0 Å². The molecule has 0 aliphatic carbocycles. The van der Waals surface area contributed by atoms with Crippen LogP contribution in [0.15, 0.2) is 62.8 Å². The van der Waals surface area contributed by atoms with Crippen LogP contribution in [-0.2, 0) is 24.3 Å². The summed E-state index contributed by atoms with van der Waals surface area (Å²) in [5.74, 6) is -0.356. The van der Waals surface area contributed by atoms with E-state index < -0.39 is 5.69 Å². The average Bonchev–Trinajstić information content (AvgIpc) is 3.39. The number of nitrogens with one attached hydrogen (secondary N) is 1. The molecule has 6 nitrogen and oxygen atoms in total. The standard InChI is InChI=1S/C20H16ClN3O3S2/c21-13-3-5-14(6-4-13)22-17(25)12-24-16-8-11-29-18(16)19(26)23(20(24)27)9-7-15-2-1-10-28-15/h1-6,8,10-11H,7,9,12H2,(H,22,25). The van der Waals surface area contributed by atoms with Crippen molar-refractivity contribution in [1.82, 2.24) is 9.13 Å². The summed E-state index contributed by atoms with van der Waals surface area (Å²) in [7, 11) is 0. The van der Waals surface area contributed by atoms with Gasteiger partial charge in [0.25, 0.3) is 5.56 Å². The number of hydrogen-bond donors (Lipinski definition) is 1. The molecule has 0 fully saturated rings. The first-order chi connectivity index (χ1) is 14.0. The van der Waals surface area contributed by atoms with E-state index in [1.54, 1.807) is 47.0 Å². The third-order valence-corrected chi connectivity index (χ3v) is 6.51. The summed E-state index contributed by atoms with van der Waals surface area (Å²) in [5.41, 5.74) is 0.262. The monoisotopic (exact) mass is 445 g/mol. The largest absolute Gasteiger partial charge is 0.332 e. The van der Waals surface area contributed by atoms with Crippen LogP contribution in [0.1, 0.15) is 4.88 Å². The zero-order chi connectivity index (χ0) is 20.4. The van der Waals surface area contributed by atoms with Gasteiger partial charge in [-0.05, 0) is 53.6 Å².